The predicted octanol–water partition coefficient (Wildman–Crippen LogP) is 8.23. The third-order valence-electron chi connectivity index (χ3n) is 6.84. The molecule has 0 heterocycles. The largest absolute Gasteiger partial charge is 0.352 e. The van der Waals surface area contributed by atoms with Crippen molar-refractivity contribution >= 4 is 70.0 Å². The Balaban J connectivity index is 1.59. The topological polar surface area (TPSA) is 49.4 Å². The van der Waals surface area contributed by atoms with Crippen molar-refractivity contribution in [3.8, 4) is 0 Å². The SMILES string of the molecule is O=C(NC1CCCC1)[C@H](Cc1ccccc1)N(Cc1ccc(Cl)c(Cl)c1)C(=O)CSCc1c(Cl)cccc1Cl. The highest BCUT2D eigenvalue weighted by atomic mass is 35.5. The number of hydrogen-bond acceptors (Lipinski definition) is 3. The van der Waals surface area contributed by atoms with Gasteiger partial charge in [-0.25, -0.2) is 0 Å². The molecule has 0 radical (unpaired) electrons. The summed E-state index contributed by atoms with van der Waals surface area (Å²) in [5, 5.41) is 5.18. The second kappa shape index (κ2) is 14.7. The molecule has 0 unspecified atom stereocenters. The lowest BCUT2D eigenvalue weighted by Crippen LogP contribution is -2.52. The fourth-order valence-electron chi connectivity index (χ4n) is 4.75. The summed E-state index contributed by atoms with van der Waals surface area (Å²) in [6, 6.07) is 19.9. The zero-order valence-electron chi connectivity index (χ0n) is 21.3. The van der Waals surface area contributed by atoms with Gasteiger partial charge in [0.05, 0.1) is 15.8 Å². The Bertz CT molecular complexity index is 1260. The molecule has 4 nitrogen and oxygen atoms in total. The van der Waals surface area contributed by atoms with Gasteiger partial charge in [-0.05, 0) is 53.8 Å². The lowest BCUT2D eigenvalue weighted by Gasteiger charge is -2.32. The second-order valence-electron chi connectivity index (χ2n) is 9.66. The highest BCUT2D eigenvalue weighted by Crippen LogP contribution is 2.29. The van der Waals surface area contributed by atoms with Gasteiger partial charge in [0.15, 0.2) is 0 Å². The van der Waals surface area contributed by atoms with Crippen LogP contribution in [0.1, 0.15) is 42.4 Å². The third-order valence-corrected chi connectivity index (χ3v) is 9.23. The van der Waals surface area contributed by atoms with Gasteiger partial charge in [0.2, 0.25) is 11.8 Å². The van der Waals surface area contributed by atoms with Crippen LogP contribution in [0.2, 0.25) is 20.1 Å². The van der Waals surface area contributed by atoms with Crippen LogP contribution < -0.4 is 5.32 Å². The summed E-state index contributed by atoms with van der Waals surface area (Å²) in [5.74, 6) is 0.336. The summed E-state index contributed by atoms with van der Waals surface area (Å²) in [6.45, 7) is 0.221. The highest BCUT2D eigenvalue weighted by molar-refractivity contribution is 7.99. The molecule has 2 amide bonds. The summed E-state index contributed by atoms with van der Waals surface area (Å²) < 4.78 is 0. The number of halogens is 4. The number of nitrogens with one attached hydrogen (secondary N) is 1. The van der Waals surface area contributed by atoms with Crippen molar-refractivity contribution in [1.29, 1.82) is 0 Å². The maximum absolute atomic E-state index is 13.8. The first-order valence-corrected chi connectivity index (χ1v) is 15.6. The van der Waals surface area contributed by atoms with Gasteiger partial charge in [0.1, 0.15) is 6.04 Å². The highest BCUT2D eigenvalue weighted by Gasteiger charge is 2.32. The minimum absolute atomic E-state index is 0.134. The van der Waals surface area contributed by atoms with Gasteiger partial charge in [0.25, 0.3) is 0 Å². The Kier molecular flexibility index (Phi) is 11.3. The Morgan fingerprint density at radius 3 is 2.21 bits per heavy atom. The van der Waals surface area contributed by atoms with E-state index in [1.807, 2.05) is 36.4 Å². The first-order valence-electron chi connectivity index (χ1n) is 12.9. The molecular formula is C30H30Cl4N2O2S. The van der Waals surface area contributed by atoms with Crippen LogP contribution in [-0.2, 0) is 28.3 Å². The van der Waals surface area contributed by atoms with E-state index < -0.39 is 6.04 Å². The Morgan fingerprint density at radius 1 is 0.846 bits per heavy atom. The van der Waals surface area contributed by atoms with Crippen LogP contribution in [0, 0.1) is 0 Å². The quantitative estimate of drug-likeness (QED) is 0.234. The van der Waals surface area contributed by atoms with E-state index in [9.17, 15) is 9.59 Å². The summed E-state index contributed by atoms with van der Waals surface area (Å²) >= 11 is 26.5. The Morgan fingerprint density at radius 2 is 1.54 bits per heavy atom. The molecule has 1 aliphatic rings. The average Bonchev–Trinajstić information content (AvgIpc) is 3.43. The molecule has 0 spiro atoms. The third kappa shape index (κ3) is 8.55. The second-order valence-corrected chi connectivity index (χ2v) is 12.3. The standard InChI is InChI=1S/C30H30Cl4N2O2S/c31-24-11-6-12-25(32)23(24)18-39-19-29(37)36(17-21-13-14-26(33)27(34)15-21)28(16-20-7-2-1-3-8-20)30(38)35-22-9-4-5-10-22/h1-3,6-8,11-15,22,28H,4-5,9-10,16-19H2,(H,35,38)/t28-/m0/s1. The van der Waals surface area contributed by atoms with E-state index in [0.29, 0.717) is 32.3 Å². The van der Waals surface area contributed by atoms with E-state index in [1.165, 1.54) is 11.8 Å². The van der Waals surface area contributed by atoms with Gasteiger partial charge in [-0.2, -0.15) is 0 Å². The smallest absolute Gasteiger partial charge is 0.243 e. The van der Waals surface area contributed by atoms with Crippen LogP contribution in [0.5, 0.6) is 0 Å². The molecule has 1 aliphatic carbocycles. The van der Waals surface area contributed by atoms with Gasteiger partial charge in [-0.15, -0.1) is 11.8 Å². The van der Waals surface area contributed by atoms with Crippen molar-refractivity contribution in [1.82, 2.24) is 10.2 Å². The van der Waals surface area contributed by atoms with Gasteiger partial charge in [-0.3, -0.25) is 9.59 Å². The minimum Gasteiger partial charge on any atom is -0.352 e. The molecule has 0 bridgehead atoms. The van der Waals surface area contributed by atoms with Crippen molar-refractivity contribution in [3.63, 3.8) is 0 Å². The summed E-state index contributed by atoms with van der Waals surface area (Å²) in [4.78, 5) is 29.2. The molecule has 1 fully saturated rings. The molecule has 39 heavy (non-hydrogen) atoms. The zero-order valence-corrected chi connectivity index (χ0v) is 25.2. The number of carbonyl (C=O) groups is 2. The van der Waals surface area contributed by atoms with Crippen LogP contribution in [-0.4, -0.2) is 34.6 Å². The molecule has 9 heteroatoms. The summed E-state index contributed by atoms with van der Waals surface area (Å²) in [5.41, 5.74) is 2.56. The lowest BCUT2D eigenvalue weighted by molar-refractivity contribution is -0.139. The van der Waals surface area contributed by atoms with Crippen LogP contribution in [0.15, 0.2) is 66.7 Å². The number of benzene rings is 3. The molecule has 3 aromatic rings. The molecule has 1 atom stereocenters. The number of amides is 2. The number of hydrogen-bond donors (Lipinski definition) is 1. The van der Waals surface area contributed by atoms with Crippen molar-refractivity contribution in [2.45, 2.75) is 56.5 Å². The Hall–Kier alpha value is -1.89. The van der Waals surface area contributed by atoms with E-state index in [2.05, 4.69) is 5.32 Å². The van der Waals surface area contributed by atoms with E-state index in [0.717, 1.165) is 42.4 Å². The normalized spacial score (nSPS) is 14.3. The zero-order chi connectivity index (χ0) is 27.8. The van der Waals surface area contributed by atoms with Gasteiger partial charge in [-0.1, -0.05) is 102 Å². The fourth-order valence-corrected chi connectivity index (χ4v) is 6.72. The first-order chi connectivity index (χ1) is 18.8. The fraction of sp³-hybridized carbons (Fsp3) is 0.333. The molecule has 206 valence electrons. The first kappa shape index (κ1) is 30.1. The van der Waals surface area contributed by atoms with Crippen LogP contribution >= 0.6 is 58.2 Å². The number of nitrogens with zero attached hydrogens (tertiary/aromatic N) is 1. The van der Waals surface area contributed by atoms with E-state index in [1.54, 1.807) is 35.2 Å². The summed E-state index contributed by atoms with van der Waals surface area (Å²) in [6.07, 6.45) is 4.51. The van der Waals surface area contributed by atoms with Crippen molar-refractivity contribution in [3.05, 3.63) is 104 Å². The molecule has 0 saturated heterocycles. The van der Waals surface area contributed by atoms with Gasteiger partial charge in [0, 0.05) is 34.8 Å². The van der Waals surface area contributed by atoms with E-state index in [-0.39, 0.29) is 30.2 Å². The molecule has 1 N–H and O–H groups in total. The summed E-state index contributed by atoms with van der Waals surface area (Å²) in [7, 11) is 0. The van der Waals surface area contributed by atoms with Crippen LogP contribution in [0.4, 0.5) is 0 Å². The molecule has 1 saturated carbocycles. The number of carbonyl (C=O) groups excluding carboxylic acids is 2. The monoisotopic (exact) mass is 622 g/mol. The predicted molar refractivity (Wildman–Crippen MR) is 164 cm³/mol. The molecule has 4 rings (SSSR count). The van der Waals surface area contributed by atoms with Crippen molar-refractivity contribution in [2.24, 2.45) is 0 Å². The van der Waals surface area contributed by atoms with Crippen LogP contribution in [0.3, 0.4) is 0 Å². The van der Waals surface area contributed by atoms with E-state index in [4.69, 9.17) is 46.4 Å². The van der Waals surface area contributed by atoms with Crippen LogP contribution in [0.25, 0.3) is 0 Å². The van der Waals surface area contributed by atoms with Gasteiger partial charge >= 0.3 is 0 Å². The Labute approximate surface area is 254 Å². The molecular weight excluding hydrogens is 594 g/mol. The molecule has 0 aromatic heterocycles. The molecule has 0 aliphatic heterocycles. The van der Waals surface area contributed by atoms with Crippen molar-refractivity contribution in [2.75, 3.05) is 5.75 Å². The van der Waals surface area contributed by atoms with Crippen molar-refractivity contribution < 1.29 is 9.59 Å². The molecule has 3 aromatic carbocycles. The maximum atomic E-state index is 13.8. The lowest BCUT2D eigenvalue weighted by atomic mass is 10.0. The maximum Gasteiger partial charge on any atom is 0.243 e. The minimum atomic E-state index is -0.695. The van der Waals surface area contributed by atoms with Gasteiger partial charge < -0.3 is 10.2 Å². The average molecular weight is 624 g/mol. The number of thioether (sulfide) groups is 1. The number of rotatable bonds is 11. The van der Waals surface area contributed by atoms with E-state index >= 15 is 0 Å².